The Bertz CT molecular complexity index is 313. The van der Waals surface area contributed by atoms with E-state index in [0.29, 0.717) is 0 Å². The van der Waals surface area contributed by atoms with Gasteiger partial charge in [-0.25, -0.2) is 0 Å². The van der Waals surface area contributed by atoms with Gasteiger partial charge in [-0.1, -0.05) is 32.0 Å². The lowest BCUT2D eigenvalue weighted by molar-refractivity contribution is 0.321. The minimum absolute atomic E-state index is 0.0186. The zero-order valence-corrected chi connectivity index (χ0v) is 8.15. The number of aromatic nitrogens is 1. The normalized spacial score (nSPS) is 12.2. The number of nitrogens with zero attached hydrogens (tertiary/aromatic N) is 2. The minimum atomic E-state index is 0.0186. The molecule has 0 saturated heterocycles. The number of hydrogen-bond donors (Lipinski definition) is 1. The molecule has 0 fully saturated rings. The smallest absolute Gasteiger partial charge is 0.0921 e. The molecule has 0 radical (unpaired) electrons. The lowest BCUT2D eigenvalue weighted by atomic mass is 9.86. The van der Waals surface area contributed by atoms with Crippen LogP contribution in [0.2, 0.25) is 0 Å². The maximum atomic E-state index is 8.44. The van der Waals surface area contributed by atoms with Crippen molar-refractivity contribution in [3.63, 3.8) is 0 Å². The van der Waals surface area contributed by atoms with E-state index in [4.69, 9.17) is 5.21 Å². The topological polar surface area (TPSA) is 45.5 Å². The molecule has 1 heterocycles. The van der Waals surface area contributed by atoms with Crippen molar-refractivity contribution >= 4 is 6.21 Å². The molecule has 70 valence electrons. The lowest BCUT2D eigenvalue weighted by Gasteiger charge is -2.20. The van der Waals surface area contributed by atoms with Gasteiger partial charge in [0.25, 0.3) is 0 Å². The van der Waals surface area contributed by atoms with Gasteiger partial charge < -0.3 is 5.21 Å². The van der Waals surface area contributed by atoms with Crippen LogP contribution in [0, 0.1) is 0 Å². The molecule has 3 nitrogen and oxygen atoms in total. The van der Waals surface area contributed by atoms with Crippen LogP contribution in [0.1, 0.15) is 32.0 Å². The maximum absolute atomic E-state index is 8.44. The SMILES string of the molecule is CC(C)(C)c1cccnc1/C=N/O. The average Bonchev–Trinajstić information content (AvgIpc) is 2.04. The highest BCUT2D eigenvalue weighted by atomic mass is 16.4. The third kappa shape index (κ3) is 2.28. The molecule has 0 aliphatic carbocycles. The van der Waals surface area contributed by atoms with Crippen molar-refractivity contribution in [2.45, 2.75) is 26.2 Å². The van der Waals surface area contributed by atoms with E-state index in [1.807, 2.05) is 12.1 Å². The molecule has 0 aliphatic rings. The van der Waals surface area contributed by atoms with E-state index in [9.17, 15) is 0 Å². The third-order valence-electron chi connectivity index (χ3n) is 1.83. The van der Waals surface area contributed by atoms with E-state index in [1.165, 1.54) is 6.21 Å². The molecular weight excluding hydrogens is 164 g/mol. The van der Waals surface area contributed by atoms with Crippen molar-refractivity contribution in [2.24, 2.45) is 5.16 Å². The molecule has 0 bridgehead atoms. The maximum Gasteiger partial charge on any atom is 0.0921 e. The van der Waals surface area contributed by atoms with Crippen molar-refractivity contribution in [1.82, 2.24) is 4.98 Å². The largest absolute Gasteiger partial charge is 0.411 e. The summed E-state index contributed by atoms with van der Waals surface area (Å²) in [6.07, 6.45) is 3.05. The summed E-state index contributed by atoms with van der Waals surface area (Å²) in [5.74, 6) is 0. The Morgan fingerprint density at radius 1 is 1.46 bits per heavy atom. The standard InChI is InChI=1S/C10H14N2O/c1-10(2,3)8-5-4-6-11-9(8)7-12-13/h4-7,13H,1-3H3/b12-7+. The Morgan fingerprint density at radius 2 is 2.15 bits per heavy atom. The van der Waals surface area contributed by atoms with Gasteiger partial charge in [0, 0.05) is 6.20 Å². The first-order valence-corrected chi connectivity index (χ1v) is 4.18. The van der Waals surface area contributed by atoms with Crippen LogP contribution in [0.5, 0.6) is 0 Å². The first kappa shape index (κ1) is 9.71. The minimum Gasteiger partial charge on any atom is -0.411 e. The van der Waals surface area contributed by atoms with E-state index in [1.54, 1.807) is 6.20 Å². The molecule has 0 unspecified atom stereocenters. The van der Waals surface area contributed by atoms with Crippen LogP contribution >= 0.6 is 0 Å². The fraction of sp³-hybridized carbons (Fsp3) is 0.400. The van der Waals surface area contributed by atoms with Gasteiger partial charge in [0.05, 0.1) is 11.9 Å². The van der Waals surface area contributed by atoms with Crippen LogP contribution in [0.25, 0.3) is 0 Å². The summed E-state index contributed by atoms with van der Waals surface area (Å²) in [7, 11) is 0. The van der Waals surface area contributed by atoms with Gasteiger partial charge in [-0.15, -0.1) is 0 Å². The van der Waals surface area contributed by atoms with Crippen LogP contribution in [0.3, 0.4) is 0 Å². The first-order valence-electron chi connectivity index (χ1n) is 4.18. The van der Waals surface area contributed by atoms with Crippen molar-refractivity contribution < 1.29 is 5.21 Å². The highest BCUT2D eigenvalue weighted by Gasteiger charge is 2.17. The quantitative estimate of drug-likeness (QED) is 0.407. The number of rotatable bonds is 1. The van der Waals surface area contributed by atoms with Crippen molar-refractivity contribution in [2.75, 3.05) is 0 Å². The molecule has 1 N–H and O–H groups in total. The van der Waals surface area contributed by atoms with Crippen LogP contribution in [0.15, 0.2) is 23.5 Å². The molecule has 13 heavy (non-hydrogen) atoms. The highest BCUT2D eigenvalue weighted by Crippen LogP contribution is 2.23. The summed E-state index contributed by atoms with van der Waals surface area (Å²) in [4.78, 5) is 4.13. The second-order valence-electron chi connectivity index (χ2n) is 3.93. The Balaban J connectivity index is 3.20. The molecule has 0 saturated carbocycles. The van der Waals surface area contributed by atoms with Gasteiger partial charge in [0.15, 0.2) is 0 Å². The summed E-state index contributed by atoms with van der Waals surface area (Å²) < 4.78 is 0. The van der Waals surface area contributed by atoms with Crippen molar-refractivity contribution in [3.8, 4) is 0 Å². The summed E-state index contributed by atoms with van der Waals surface area (Å²) in [6.45, 7) is 6.29. The van der Waals surface area contributed by atoms with E-state index in [2.05, 4.69) is 30.9 Å². The van der Waals surface area contributed by atoms with Crippen LogP contribution in [-0.2, 0) is 5.41 Å². The molecule has 3 heteroatoms. The monoisotopic (exact) mass is 178 g/mol. The Labute approximate surface area is 78.1 Å². The fourth-order valence-electron chi connectivity index (χ4n) is 1.21. The van der Waals surface area contributed by atoms with E-state index in [-0.39, 0.29) is 5.41 Å². The van der Waals surface area contributed by atoms with Gasteiger partial charge in [-0.05, 0) is 17.0 Å². The Kier molecular flexibility index (Phi) is 2.66. The molecule has 1 aromatic rings. The zero-order valence-electron chi connectivity index (χ0n) is 8.15. The van der Waals surface area contributed by atoms with Crippen LogP contribution < -0.4 is 0 Å². The predicted molar refractivity (Wildman–Crippen MR) is 52.3 cm³/mol. The molecule has 0 spiro atoms. The molecule has 0 aliphatic heterocycles. The van der Waals surface area contributed by atoms with E-state index >= 15 is 0 Å². The Hall–Kier alpha value is -1.38. The predicted octanol–water partition coefficient (Wildman–Crippen LogP) is 2.19. The van der Waals surface area contributed by atoms with Gasteiger partial charge >= 0.3 is 0 Å². The molecule has 1 aromatic heterocycles. The fourth-order valence-corrected chi connectivity index (χ4v) is 1.21. The second-order valence-corrected chi connectivity index (χ2v) is 3.93. The average molecular weight is 178 g/mol. The third-order valence-corrected chi connectivity index (χ3v) is 1.83. The zero-order chi connectivity index (χ0) is 9.90. The van der Waals surface area contributed by atoms with Crippen LogP contribution in [-0.4, -0.2) is 16.4 Å². The number of oxime groups is 1. The van der Waals surface area contributed by atoms with Crippen molar-refractivity contribution in [1.29, 1.82) is 0 Å². The van der Waals surface area contributed by atoms with E-state index < -0.39 is 0 Å². The van der Waals surface area contributed by atoms with Gasteiger partial charge in [-0.3, -0.25) is 4.98 Å². The summed E-state index contributed by atoms with van der Waals surface area (Å²) >= 11 is 0. The Morgan fingerprint density at radius 3 is 2.69 bits per heavy atom. The summed E-state index contributed by atoms with van der Waals surface area (Å²) in [5.41, 5.74) is 1.82. The van der Waals surface area contributed by atoms with Crippen molar-refractivity contribution in [3.05, 3.63) is 29.6 Å². The van der Waals surface area contributed by atoms with Gasteiger partial charge in [0.1, 0.15) is 0 Å². The summed E-state index contributed by atoms with van der Waals surface area (Å²) in [5, 5.41) is 11.4. The van der Waals surface area contributed by atoms with E-state index in [0.717, 1.165) is 11.3 Å². The molecular formula is C10H14N2O. The number of pyridine rings is 1. The molecule has 0 aromatic carbocycles. The molecule has 0 amide bonds. The molecule has 1 rings (SSSR count). The summed E-state index contributed by atoms with van der Waals surface area (Å²) in [6, 6.07) is 3.87. The second kappa shape index (κ2) is 3.56. The molecule has 0 atom stereocenters. The highest BCUT2D eigenvalue weighted by molar-refractivity contribution is 5.79. The lowest BCUT2D eigenvalue weighted by Crippen LogP contribution is -2.14. The van der Waals surface area contributed by atoms with Crippen LogP contribution in [0.4, 0.5) is 0 Å². The van der Waals surface area contributed by atoms with Gasteiger partial charge in [-0.2, -0.15) is 0 Å². The van der Waals surface area contributed by atoms with Gasteiger partial charge in [0.2, 0.25) is 0 Å². The first-order chi connectivity index (χ1) is 6.05. The number of hydrogen-bond acceptors (Lipinski definition) is 3.